The van der Waals surface area contributed by atoms with Crippen LogP contribution in [-0.4, -0.2) is 15.9 Å². The van der Waals surface area contributed by atoms with E-state index < -0.39 is 5.91 Å². The minimum absolute atomic E-state index is 0.0805. The van der Waals surface area contributed by atoms with E-state index in [1.54, 1.807) is 18.2 Å². The molecule has 1 heterocycles. The lowest BCUT2D eigenvalue weighted by molar-refractivity contribution is 0.0996. The van der Waals surface area contributed by atoms with Gasteiger partial charge < -0.3 is 16.8 Å². The fourth-order valence-corrected chi connectivity index (χ4v) is 2.02. The van der Waals surface area contributed by atoms with Gasteiger partial charge in [-0.15, -0.1) is 0 Å². The van der Waals surface area contributed by atoms with E-state index in [1.165, 1.54) is 0 Å². The Balaban J connectivity index is 0.000000924. The second-order valence-corrected chi connectivity index (χ2v) is 4.49. The Morgan fingerprint density at radius 2 is 1.70 bits per heavy atom. The lowest BCUT2D eigenvalue weighted by Gasteiger charge is -2.10. The Labute approximate surface area is 134 Å². The third-order valence-corrected chi connectivity index (χ3v) is 3.00. The number of hydrogen-bond acceptors (Lipinski definition) is 5. The van der Waals surface area contributed by atoms with Crippen LogP contribution in [0.4, 0.5) is 17.2 Å². The Hall–Kier alpha value is -3.15. The van der Waals surface area contributed by atoms with Crippen LogP contribution < -0.4 is 16.8 Å². The van der Waals surface area contributed by atoms with Crippen LogP contribution in [0.3, 0.4) is 0 Å². The maximum atomic E-state index is 11.6. The molecule has 1 amide bonds. The number of hydrogen-bond donors (Lipinski definition) is 3. The molecule has 0 unspecified atom stereocenters. The van der Waals surface area contributed by atoms with E-state index in [-0.39, 0.29) is 5.69 Å². The number of rotatable bonds is 3. The zero-order valence-electron chi connectivity index (χ0n) is 13.1. The first-order chi connectivity index (χ1) is 11.1. The number of benzene rings is 2. The number of amides is 1. The molecule has 5 N–H and O–H groups in total. The van der Waals surface area contributed by atoms with Crippen LogP contribution in [0.25, 0.3) is 11.0 Å². The molecule has 0 bridgehead atoms. The van der Waals surface area contributed by atoms with Crippen molar-refractivity contribution < 1.29 is 4.79 Å². The number of anilines is 3. The van der Waals surface area contributed by atoms with Gasteiger partial charge in [-0.1, -0.05) is 38.1 Å². The first-order valence-electron chi connectivity index (χ1n) is 7.33. The number of nitrogen functional groups attached to an aromatic ring is 1. The standard InChI is InChI=1S/C15H13N5O.C2H6/c16-10-7-4-8-11-12(10)20-15(13(19-11)14(17)21)18-9-5-2-1-3-6-9;1-2/h1-8H,16H2,(H2,17,21)(H,18,20);1-2H3. The van der Waals surface area contributed by atoms with Crippen molar-refractivity contribution in [1.29, 1.82) is 0 Å². The van der Waals surface area contributed by atoms with E-state index in [1.807, 2.05) is 44.2 Å². The summed E-state index contributed by atoms with van der Waals surface area (Å²) in [4.78, 5) is 20.2. The van der Waals surface area contributed by atoms with Gasteiger partial charge in [0.15, 0.2) is 11.5 Å². The van der Waals surface area contributed by atoms with Crippen molar-refractivity contribution >= 4 is 34.1 Å². The van der Waals surface area contributed by atoms with Gasteiger partial charge in [0.25, 0.3) is 5.91 Å². The number of para-hydroxylation sites is 2. The highest BCUT2D eigenvalue weighted by atomic mass is 16.1. The van der Waals surface area contributed by atoms with Crippen molar-refractivity contribution in [3.05, 3.63) is 54.2 Å². The molecule has 0 saturated heterocycles. The average molecular weight is 309 g/mol. The summed E-state index contributed by atoms with van der Waals surface area (Å²) in [7, 11) is 0. The van der Waals surface area contributed by atoms with Gasteiger partial charge in [0.1, 0.15) is 5.52 Å². The molecule has 1 aromatic heterocycles. The molecule has 0 aliphatic heterocycles. The smallest absolute Gasteiger partial charge is 0.271 e. The Morgan fingerprint density at radius 1 is 1.00 bits per heavy atom. The van der Waals surface area contributed by atoms with Gasteiger partial charge in [0.2, 0.25) is 0 Å². The first kappa shape index (κ1) is 16.2. The largest absolute Gasteiger partial charge is 0.397 e. The van der Waals surface area contributed by atoms with E-state index >= 15 is 0 Å². The topological polar surface area (TPSA) is 107 Å². The van der Waals surface area contributed by atoms with E-state index in [0.29, 0.717) is 22.5 Å². The maximum absolute atomic E-state index is 11.6. The monoisotopic (exact) mass is 309 g/mol. The van der Waals surface area contributed by atoms with E-state index in [9.17, 15) is 4.79 Å². The van der Waals surface area contributed by atoms with E-state index in [2.05, 4.69) is 15.3 Å². The molecule has 118 valence electrons. The van der Waals surface area contributed by atoms with E-state index in [4.69, 9.17) is 11.5 Å². The Kier molecular flexibility index (Phi) is 5.09. The van der Waals surface area contributed by atoms with Crippen LogP contribution in [0.1, 0.15) is 24.3 Å². The number of nitrogens with one attached hydrogen (secondary N) is 1. The summed E-state index contributed by atoms with van der Waals surface area (Å²) < 4.78 is 0. The van der Waals surface area contributed by atoms with Crippen molar-refractivity contribution in [2.75, 3.05) is 11.1 Å². The highest BCUT2D eigenvalue weighted by Crippen LogP contribution is 2.23. The second kappa shape index (κ2) is 7.22. The number of aromatic nitrogens is 2. The van der Waals surface area contributed by atoms with Crippen LogP contribution >= 0.6 is 0 Å². The molecular weight excluding hydrogens is 290 g/mol. The highest BCUT2D eigenvalue weighted by molar-refractivity contribution is 5.99. The minimum Gasteiger partial charge on any atom is -0.397 e. The molecule has 23 heavy (non-hydrogen) atoms. The SMILES string of the molecule is CC.NC(=O)c1nc2cccc(N)c2nc1Nc1ccccc1. The number of nitrogens with two attached hydrogens (primary N) is 2. The lowest BCUT2D eigenvalue weighted by atomic mass is 10.2. The Bertz CT molecular complexity index is 818. The summed E-state index contributed by atoms with van der Waals surface area (Å²) in [5.41, 5.74) is 13.7. The number of carbonyl (C=O) groups is 1. The predicted molar refractivity (Wildman–Crippen MR) is 93.5 cm³/mol. The normalized spacial score (nSPS) is 9.83. The van der Waals surface area contributed by atoms with Crippen LogP contribution in [0, 0.1) is 0 Å². The van der Waals surface area contributed by atoms with Crippen molar-refractivity contribution in [1.82, 2.24) is 9.97 Å². The molecular formula is C17H19N5O. The third kappa shape index (κ3) is 3.55. The number of nitrogens with zero attached hydrogens (tertiary/aromatic N) is 2. The summed E-state index contributed by atoms with van der Waals surface area (Å²) >= 11 is 0. The predicted octanol–water partition coefficient (Wildman–Crippen LogP) is 3.08. The van der Waals surface area contributed by atoms with Gasteiger partial charge in [0.05, 0.1) is 11.2 Å². The van der Waals surface area contributed by atoms with Crippen molar-refractivity contribution in [3.63, 3.8) is 0 Å². The lowest BCUT2D eigenvalue weighted by Crippen LogP contribution is -2.17. The van der Waals surface area contributed by atoms with Crippen LogP contribution in [0.2, 0.25) is 0 Å². The fourth-order valence-electron chi connectivity index (χ4n) is 2.02. The summed E-state index contributed by atoms with van der Waals surface area (Å²) in [5, 5.41) is 3.04. The molecule has 6 heteroatoms. The molecule has 0 fully saturated rings. The molecule has 0 atom stereocenters. The van der Waals surface area contributed by atoms with Crippen molar-refractivity contribution in [2.45, 2.75) is 13.8 Å². The maximum Gasteiger partial charge on any atom is 0.271 e. The number of primary amides is 1. The number of fused-ring (bicyclic) bond motifs is 1. The first-order valence-corrected chi connectivity index (χ1v) is 7.33. The van der Waals surface area contributed by atoms with Crippen LogP contribution in [0.15, 0.2) is 48.5 Å². The summed E-state index contributed by atoms with van der Waals surface area (Å²) in [6.45, 7) is 4.00. The highest BCUT2D eigenvalue weighted by Gasteiger charge is 2.15. The van der Waals surface area contributed by atoms with Crippen LogP contribution in [-0.2, 0) is 0 Å². The average Bonchev–Trinajstić information content (AvgIpc) is 2.58. The zero-order valence-corrected chi connectivity index (χ0v) is 13.1. The van der Waals surface area contributed by atoms with E-state index in [0.717, 1.165) is 5.69 Å². The Morgan fingerprint density at radius 3 is 2.35 bits per heavy atom. The zero-order chi connectivity index (χ0) is 16.8. The van der Waals surface area contributed by atoms with Crippen molar-refractivity contribution in [3.8, 4) is 0 Å². The van der Waals surface area contributed by atoms with Gasteiger partial charge in [-0.25, -0.2) is 9.97 Å². The quantitative estimate of drug-likeness (QED) is 0.644. The summed E-state index contributed by atoms with van der Waals surface area (Å²) in [5.74, 6) is -0.357. The molecule has 3 aromatic rings. The molecule has 0 aliphatic rings. The number of carbonyl (C=O) groups excluding carboxylic acids is 1. The summed E-state index contributed by atoms with van der Waals surface area (Å²) in [6.07, 6.45) is 0. The van der Waals surface area contributed by atoms with Gasteiger partial charge in [-0.2, -0.15) is 0 Å². The third-order valence-electron chi connectivity index (χ3n) is 3.00. The van der Waals surface area contributed by atoms with Crippen LogP contribution in [0.5, 0.6) is 0 Å². The molecule has 0 aliphatic carbocycles. The molecule has 0 saturated carbocycles. The van der Waals surface area contributed by atoms with Gasteiger partial charge in [0, 0.05) is 5.69 Å². The molecule has 3 rings (SSSR count). The van der Waals surface area contributed by atoms with Gasteiger partial charge >= 0.3 is 0 Å². The van der Waals surface area contributed by atoms with Gasteiger partial charge in [-0.05, 0) is 24.3 Å². The molecule has 0 radical (unpaired) electrons. The minimum atomic E-state index is -0.648. The fraction of sp³-hybridized carbons (Fsp3) is 0.118. The molecule has 0 spiro atoms. The molecule has 6 nitrogen and oxygen atoms in total. The van der Waals surface area contributed by atoms with Gasteiger partial charge in [-0.3, -0.25) is 4.79 Å². The second-order valence-electron chi connectivity index (χ2n) is 4.49. The van der Waals surface area contributed by atoms with Crippen molar-refractivity contribution in [2.24, 2.45) is 5.73 Å². The molecule has 2 aromatic carbocycles. The summed E-state index contributed by atoms with van der Waals surface area (Å²) in [6, 6.07) is 14.6.